The van der Waals surface area contributed by atoms with Crippen LogP contribution in [0.2, 0.25) is 0 Å². The summed E-state index contributed by atoms with van der Waals surface area (Å²) in [7, 11) is 0. The van der Waals surface area contributed by atoms with Gasteiger partial charge in [0.15, 0.2) is 0 Å². The average molecular weight is 268 g/mol. The lowest BCUT2D eigenvalue weighted by Crippen LogP contribution is -2.29. The molecule has 0 aliphatic rings. The maximum absolute atomic E-state index is 7.39. The lowest BCUT2D eigenvalue weighted by molar-refractivity contribution is 0.783. The summed E-state index contributed by atoms with van der Waals surface area (Å²) in [6.07, 6.45) is 5.20. The molecule has 104 valence electrons. The molecule has 3 N–H and O–H groups in total. The molecule has 0 aliphatic carbocycles. The first-order chi connectivity index (χ1) is 9.75. The van der Waals surface area contributed by atoms with E-state index in [0.29, 0.717) is 6.42 Å². The van der Waals surface area contributed by atoms with Gasteiger partial charge in [0.1, 0.15) is 0 Å². The smallest absolute Gasteiger partial charge is 0.0923 e. The lowest BCUT2D eigenvalue weighted by Gasteiger charge is -2.24. The number of anilines is 1. The van der Waals surface area contributed by atoms with Gasteiger partial charge >= 0.3 is 0 Å². The van der Waals surface area contributed by atoms with Crippen molar-refractivity contribution in [3.8, 4) is 0 Å². The Labute approximate surface area is 119 Å². The fraction of sp³-hybridized carbons (Fsp3) is 0.250. The highest BCUT2D eigenvalue weighted by atomic mass is 15.1. The first-order valence-corrected chi connectivity index (χ1v) is 6.77. The van der Waals surface area contributed by atoms with Crippen LogP contribution in [0.25, 0.3) is 0 Å². The number of para-hydroxylation sites is 1. The van der Waals surface area contributed by atoms with E-state index < -0.39 is 0 Å². The fourth-order valence-electron chi connectivity index (χ4n) is 2.07. The van der Waals surface area contributed by atoms with Gasteiger partial charge in [-0.05, 0) is 30.2 Å². The summed E-state index contributed by atoms with van der Waals surface area (Å²) < 4.78 is 0. The molecule has 0 aliphatic heterocycles. The van der Waals surface area contributed by atoms with E-state index >= 15 is 0 Å². The Bertz CT molecular complexity index is 525. The van der Waals surface area contributed by atoms with Gasteiger partial charge < -0.3 is 10.6 Å². The molecule has 0 saturated carbocycles. The zero-order valence-electron chi connectivity index (χ0n) is 11.5. The largest absolute Gasteiger partial charge is 0.388 e. The second kappa shape index (κ2) is 7.28. The third-order valence-electron chi connectivity index (χ3n) is 3.17. The molecule has 1 heterocycles. The van der Waals surface area contributed by atoms with E-state index in [-0.39, 0.29) is 5.84 Å². The summed E-state index contributed by atoms with van der Waals surface area (Å²) in [6.45, 7) is 1.66. The van der Waals surface area contributed by atoms with Gasteiger partial charge in [-0.3, -0.25) is 10.4 Å². The maximum atomic E-state index is 7.39. The van der Waals surface area contributed by atoms with Crippen LogP contribution in [0.4, 0.5) is 5.69 Å². The number of pyridine rings is 1. The number of aromatic nitrogens is 1. The molecular formula is C16H20N4. The van der Waals surface area contributed by atoms with E-state index in [2.05, 4.69) is 28.1 Å². The highest BCUT2D eigenvalue weighted by Crippen LogP contribution is 2.14. The molecule has 0 spiro atoms. The van der Waals surface area contributed by atoms with Crippen LogP contribution in [0.5, 0.6) is 0 Å². The Kier molecular flexibility index (Phi) is 5.12. The van der Waals surface area contributed by atoms with Gasteiger partial charge in [0.25, 0.3) is 0 Å². The van der Waals surface area contributed by atoms with Crippen molar-refractivity contribution in [1.82, 2.24) is 4.98 Å². The van der Waals surface area contributed by atoms with Gasteiger partial charge in [-0.25, -0.2) is 0 Å². The van der Waals surface area contributed by atoms with Crippen LogP contribution in [0.3, 0.4) is 0 Å². The minimum atomic E-state index is 0.229. The molecule has 2 aromatic rings. The minimum absolute atomic E-state index is 0.229. The van der Waals surface area contributed by atoms with E-state index in [4.69, 9.17) is 11.1 Å². The number of nitrogens with two attached hydrogens (primary N) is 1. The van der Waals surface area contributed by atoms with Gasteiger partial charge in [0.05, 0.1) is 5.84 Å². The normalized spacial score (nSPS) is 10.2. The predicted octanol–water partition coefficient (Wildman–Crippen LogP) is 2.46. The molecule has 0 radical (unpaired) electrons. The van der Waals surface area contributed by atoms with Crippen LogP contribution in [0, 0.1) is 5.41 Å². The van der Waals surface area contributed by atoms with Crippen molar-refractivity contribution in [1.29, 1.82) is 5.41 Å². The van der Waals surface area contributed by atoms with E-state index in [1.54, 1.807) is 6.20 Å². The fourth-order valence-corrected chi connectivity index (χ4v) is 2.07. The standard InChI is InChI=1S/C16H20N4/c17-16(18)9-12-20(15-6-2-1-3-7-15)11-8-14-5-4-10-19-13-14/h1-7,10,13H,8-9,11-12H2,(H3,17,18). The van der Waals surface area contributed by atoms with Crippen LogP contribution in [0.1, 0.15) is 12.0 Å². The number of hydrogen-bond acceptors (Lipinski definition) is 3. The summed E-state index contributed by atoms with van der Waals surface area (Å²) in [5, 5.41) is 7.39. The molecule has 1 aromatic carbocycles. The van der Waals surface area contributed by atoms with E-state index in [0.717, 1.165) is 25.2 Å². The summed E-state index contributed by atoms with van der Waals surface area (Å²) in [4.78, 5) is 6.40. The number of nitrogens with zero attached hydrogens (tertiary/aromatic N) is 2. The van der Waals surface area contributed by atoms with E-state index in [1.807, 2.05) is 30.5 Å². The monoisotopic (exact) mass is 268 g/mol. The van der Waals surface area contributed by atoms with Crippen molar-refractivity contribution >= 4 is 11.5 Å². The second-order valence-corrected chi connectivity index (χ2v) is 4.71. The number of nitrogens with one attached hydrogen (secondary N) is 1. The van der Waals surface area contributed by atoms with Gasteiger partial charge in [-0.1, -0.05) is 24.3 Å². The molecule has 0 atom stereocenters. The maximum Gasteiger partial charge on any atom is 0.0923 e. The Hall–Kier alpha value is -2.36. The molecule has 0 saturated heterocycles. The summed E-state index contributed by atoms with van der Waals surface area (Å²) in [6, 6.07) is 14.3. The van der Waals surface area contributed by atoms with Gasteiger partial charge in [0.2, 0.25) is 0 Å². The number of hydrogen-bond donors (Lipinski definition) is 2. The van der Waals surface area contributed by atoms with Crippen LogP contribution in [0.15, 0.2) is 54.9 Å². The number of amidine groups is 1. The molecule has 4 heteroatoms. The summed E-state index contributed by atoms with van der Waals surface area (Å²) in [5.41, 5.74) is 7.86. The molecule has 0 bridgehead atoms. The average Bonchev–Trinajstić information content (AvgIpc) is 2.49. The lowest BCUT2D eigenvalue weighted by atomic mass is 10.2. The van der Waals surface area contributed by atoms with E-state index in [1.165, 1.54) is 5.56 Å². The predicted molar refractivity (Wildman–Crippen MR) is 83.1 cm³/mol. The van der Waals surface area contributed by atoms with Gasteiger partial charge in [-0.2, -0.15) is 0 Å². The third kappa shape index (κ3) is 4.39. The summed E-state index contributed by atoms with van der Waals surface area (Å²) in [5.74, 6) is 0.229. The SMILES string of the molecule is N=C(N)CCN(CCc1cccnc1)c1ccccc1. The summed E-state index contributed by atoms with van der Waals surface area (Å²) >= 11 is 0. The zero-order chi connectivity index (χ0) is 14.2. The minimum Gasteiger partial charge on any atom is -0.388 e. The Morgan fingerprint density at radius 2 is 1.90 bits per heavy atom. The number of benzene rings is 1. The van der Waals surface area contributed by atoms with Gasteiger partial charge in [0, 0.05) is 37.6 Å². The Balaban J connectivity index is 2.01. The number of rotatable bonds is 7. The van der Waals surface area contributed by atoms with Crippen molar-refractivity contribution in [3.63, 3.8) is 0 Å². The Morgan fingerprint density at radius 1 is 1.10 bits per heavy atom. The third-order valence-corrected chi connectivity index (χ3v) is 3.17. The molecule has 0 fully saturated rings. The van der Waals surface area contributed by atoms with Crippen molar-refractivity contribution in [2.75, 3.05) is 18.0 Å². The molecule has 4 nitrogen and oxygen atoms in total. The first-order valence-electron chi connectivity index (χ1n) is 6.77. The molecule has 20 heavy (non-hydrogen) atoms. The second-order valence-electron chi connectivity index (χ2n) is 4.71. The molecule has 0 unspecified atom stereocenters. The van der Waals surface area contributed by atoms with Crippen LogP contribution < -0.4 is 10.6 Å². The Morgan fingerprint density at radius 3 is 2.55 bits per heavy atom. The van der Waals surface area contributed by atoms with Crippen molar-refractivity contribution in [3.05, 3.63) is 60.4 Å². The molecule has 0 amide bonds. The van der Waals surface area contributed by atoms with Crippen LogP contribution in [-0.4, -0.2) is 23.9 Å². The van der Waals surface area contributed by atoms with Crippen molar-refractivity contribution in [2.45, 2.75) is 12.8 Å². The first kappa shape index (κ1) is 14.1. The van der Waals surface area contributed by atoms with Crippen LogP contribution in [-0.2, 0) is 6.42 Å². The molecular weight excluding hydrogens is 248 g/mol. The quantitative estimate of drug-likeness (QED) is 0.599. The zero-order valence-corrected chi connectivity index (χ0v) is 11.5. The van der Waals surface area contributed by atoms with Crippen molar-refractivity contribution in [2.24, 2.45) is 5.73 Å². The van der Waals surface area contributed by atoms with Crippen LogP contribution >= 0.6 is 0 Å². The van der Waals surface area contributed by atoms with E-state index in [9.17, 15) is 0 Å². The molecule has 1 aromatic heterocycles. The highest BCUT2D eigenvalue weighted by Gasteiger charge is 2.07. The topological polar surface area (TPSA) is 66.0 Å². The highest BCUT2D eigenvalue weighted by molar-refractivity contribution is 5.77. The molecule has 2 rings (SSSR count). The van der Waals surface area contributed by atoms with Gasteiger partial charge in [-0.15, -0.1) is 0 Å². The van der Waals surface area contributed by atoms with Crippen molar-refractivity contribution < 1.29 is 0 Å².